The second kappa shape index (κ2) is 7.22. The number of carbonyl (C=O) groups is 2. The Morgan fingerprint density at radius 3 is 2.71 bits per heavy atom. The first-order valence-electron chi connectivity index (χ1n) is 7.23. The Labute approximate surface area is 124 Å². The fourth-order valence-electron chi connectivity index (χ4n) is 2.45. The van der Waals surface area contributed by atoms with Crippen molar-refractivity contribution in [2.45, 2.75) is 32.2 Å². The van der Waals surface area contributed by atoms with Crippen molar-refractivity contribution in [1.82, 2.24) is 4.90 Å². The molecule has 1 aromatic carbocycles. The van der Waals surface area contributed by atoms with Gasteiger partial charge in [0.05, 0.1) is 13.2 Å². The molecule has 0 aliphatic carbocycles. The van der Waals surface area contributed by atoms with Crippen LogP contribution in [-0.4, -0.2) is 47.7 Å². The van der Waals surface area contributed by atoms with E-state index in [9.17, 15) is 9.59 Å². The predicted molar refractivity (Wildman–Crippen MR) is 78.1 cm³/mol. The highest BCUT2D eigenvalue weighted by Gasteiger charge is 2.32. The van der Waals surface area contributed by atoms with Gasteiger partial charge >= 0.3 is 5.97 Å². The van der Waals surface area contributed by atoms with Crippen molar-refractivity contribution in [1.29, 1.82) is 0 Å². The second-order valence-electron chi connectivity index (χ2n) is 5.36. The van der Waals surface area contributed by atoms with Crippen LogP contribution < -0.4 is 0 Å². The van der Waals surface area contributed by atoms with Gasteiger partial charge in [0.1, 0.15) is 0 Å². The van der Waals surface area contributed by atoms with Crippen molar-refractivity contribution in [3.05, 3.63) is 35.4 Å². The van der Waals surface area contributed by atoms with Gasteiger partial charge in [-0.15, -0.1) is 0 Å². The van der Waals surface area contributed by atoms with Crippen molar-refractivity contribution in [3.8, 4) is 0 Å². The molecular weight excluding hydrogens is 270 g/mol. The van der Waals surface area contributed by atoms with E-state index in [0.717, 1.165) is 12.8 Å². The maximum atomic E-state index is 12.2. The van der Waals surface area contributed by atoms with Gasteiger partial charge in [-0.1, -0.05) is 29.8 Å². The van der Waals surface area contributed by atoms with Crippen LogP contribution in [0.2, 0.25) is 0 Å². The molecule has 1 unspecified atom stereocenters. The van der Waals surface area contributed by atoms with E-state index >= 15 is 0 Å². The number of ether oxygens (including phenoxy) is 1. The van der Waals surface area contributed by atoms with E-state index in [1.807, 2.05) is 6.92 Å². The Bertz CT molecular complexity index is 498. The zero-order valence-corrected chi connectivity index (χ0v) is 12.2. The summed E-state index contributed by atoms with van der Waals surface area (Å²) in [7, 11) is 0. The number of carbonyl (C=O) groups excluding carboxylic acids is 1. The molecule has 1 aromatic rings. The molecule has 1 aliphatic heterocycles. The number of aliphatic carboxylic acids is 1. The molecule has 114 valence electrons. The number of hydrogen-bond acceptors (Lipinski definition) is 3. The quantitative estimate of drug-likeness (QED) is 0.895. The van der Waals surface area contributed by atoms with E-state index in [4.69, 9.17) is 9.84 Å². The molecule has 1 N–H and O–H groups in total. The first-order chi connectivity index (χ1) is 10.1. The molecule has 0 bridgehead atoms. The van der Waals surface area contributed by atoms with Crippen LogP contribution in [0.25, 0.3) is 0 Å². The van der Waals surface area contributed by atoms with Crippen LogP contribution in [0.5, 0.6) is 0 Å². The number of aryl methyl sites for hydroxylation is 2. The minimum Gasteiger partial charge on any atom is -0.480 e. The van der Waals surface area contributed by atoms with E-state index < -0.39 is 12.0 Å². The van der Waals surface area contributed by atoms with Gasteiger partial charge in [-0.2, -0.15) is 0 Å². The fraction of sp³-hybridized carbons (Fsp3) is 0.500. The van der Waals surface area contributed by atoms with Crippen molar-refractivity contribution < 1.29 is 19.4 Å². The smallest absolute Gasteiger partial charge is 0.328 e. The Hall–Kier alpha value is -1.88. The Morgan fingerprint density at radius 1 is 1.33 bits per heavy atom. The maximum Gasteiger partial charge on any atom is 0.328 e. The third kappa shape index (κ3) is 4.29. The van der Waals surface area contributed by atoms with Crippen LogP contribution in [0, 0.1) is 6.92 Å². The van der Waals surface area contributed by atoms with Gasteiger partial charge in [-0.05, 0) is 25.3 Å². The number of morpholine rings is 1. The number of nitrogens with zero attached hydrogens (tertiary/aromatic N) is 1. The monoisotopic (exact) mass is 291 g/mol. The molecule has 0 radical (unpaired) electrons. The largest absolute Gasteiger partial charge is 0.480 e. The molecule has 1 saturated heterocycles. The summed E-state index contributed by atoms with van der Waals surface area (Å²) in [5, 5.41) is 9.11. The summed E-state index contributed by atoms with van der Waals surface area (Å²) in [5.74, 6) is -1.10. The summed E-state index contributed by atoms with van der Waals surface area (Å²) in [6, 6.07) is 7.40. The molecule has 0 saturated carbocycles. The second-order valence-corrected chi connectivity index (χ2v) is 5.36. The third-order valence-corrected chi connectivity index (χ3v) is 3.71. The molecule has 1 atom stereocenters. The van der Waals surface area contributed by atoms with E-state index in [-0.39, 0.29) is 12.5 Å². The normalized spacial score (nSPS) is 18.5. The molecule has 21 heavy (non-hydrogen) atoms. The zero-order chi connectivity index (χ0) is 15.2. The fourth-order valence-corrected chi connectivity index (χ4v) is 2.45. The van der Waals surface area contributed by atoms with Gasteiger partial charge in [-0.3, -0.25) is 4.79 Å². The van der Waals surface area contributed by atoms with Gasteiger partial charge in [0, 0.05) is 13.0 Å². The van der Waals surface area contributed by atoms with Crippen LogP contribution in [-0.2, 0) is 20.7 Å². The van der Waals surface area contributed by atoms with Gasteiger partial charge in [0.2, 0.25) is 5.91 Å². The average Bonchev–Trinajstić information content (AvgIpc) is 2.49. The number of carboxylic acid groups (broad SMARTS) is 1. The molecule has 0 aromatic heterocycles. The lowest BCUT2D eigenvalue weighted by atomic mass is 10.1. The summed E-state index contributed by atoms with van der Waals surface area (Å²) in [4.78, 5) is 24.7. The molecule has 5 heteroatoms. The Kier molecular flexibility index (Phi) is 5.33. The highest BCUT2D eigenvalue weighted by atomic mass is 16.5. The number of amides is 1. The van der Waals surface area contributed by atoms with E-state index in [1.165, 1.54) is 16.0 Å². The molecular formula is C16H21NO4. The summed E-state index contributed by atoms with van der Waals surface area (Å²) in [5.41, 5.74) is 2.41. The summed E-state index contributed by atoms with van der Waals surface area (Å²) < 4.78 is 5.13. The summed E-state index contributed by atoms with van der Waals surface area (Å²) >= 11 is 0. The summed E-state index contributed by atoms with van der Waals surface area (Å²) in [6.07, 6.45) is 1.93. The van der Waals surface area contributed by atoms with Crippen molar-refractivity contribution in [3.63, 3.8) is 0 Å². The van der Waals surface area contributed by atoms with E-state index in [2.05, 4.69) is 24.3 Å². The zero-order valence-electron chi connectivity index (χ0n) is 12.2. The number of benzene rings is 1. The average molecular weight is 291 g/mol. The number of hydrogen-bond donors (Lipinski definition) is 1. The maximum absolute atomic E-state index is 12.2. The lowest BCUT2D eigenvalue weighted by Crippen LogP contribution is -2.52. The highest BCUT2D eigenvalue weighted by Crippen LogP contribution is 2.12. The summed E-state index contributed by atoms with van der Waals surface area (Å²) in [6.45, 7) is 2.89. The van der Waals surface area contributed by atoms with Crippen molar-refractivity contribution >= 4 is 11.9 Å². The lowest BCUT2D eigenvalue weighted by molar-refractivity contribution is -0.158. The van der Waals surface area contributed by atoms with Crippen LogP contribution in [0.1, 0.15) is 24.0 Å². The Balaban J connectivity index is 1.83. The molecule has 5 nitrogen and oxygen atoms in total. The third-order valence-electron chi connectivity index (χ3n) is 3.71. The lowest BCUT2D eigenvalue weighted by Gasteiger charge is -2.32. The number of rotatable bonds is 5. The predicted octanol–water partition coefficient (Wildman–Crippen LogP) is 1.63. The van der Waals surface area contributed by atoms with Crippen LogP contribution in [0.15, 0.2) is 24.3 Å². The van der Waals surface area contributed by atoms with Crippen molar-refractivity contribution in [2.75, 3.05) is 19.8 Å². The van der Waals surface area contributed by atoms with Gasteiger partial charge in [-0.25, -0.2) is 4.79 Å². The first-order valence-corrected chi connectivity index (χ1v) is 7.23. The van der Waals surface area contributed by atoms with Gasteiger partial charge < -0.3 is 14.7 Å². The minimum absolute atomic E-state index is 0.0824. The molecule has 1 fully saturated rings. The molecule has 1 amide bonds. The van der Waals surface area contributed by atoms with Gasteiger partial charge in [0.15, 0.2) is 6.04 Å². The van der Waals surface area contributed by atoms with Crippen LogP contribution in [0.3, 0.4) is 0 Å². The highest BCUT2D eigenvalue weighted by molar-refractivity contribution is 5.84. The SMILES string of the molecule is Cc1ccc(CCCC(=O)N2CCOCC2C(=O)O)cc1. The minimum atomic E-state index is -0.999. The Morgan fingerprint density at radius 2 is 2.05 bits per heavy atom. The molecule has 0 spiro atoms. The molecule has 2 rings (SSSR count). The van der Waals surface area contributed by atoms with E-state index in [1.54, 1.807) is 0 Å². The number of carboxylic acids is 1. The van der Waals surface area contributed by atoms with E-state index in [0.29, 0.717) is 19.6 Å². The molecule has 1 heterocycles. The van der Waals surface area contributed by atoms with Gasteiger partial charge in [0.25, 0.3) is 0 Å². The van der Waals surface area contributed by atoms with Crippen LogP contribution >= 0.6 is 0 Å². The topological polar surface area (TPSA) is 66.8 Å². The molecule has 1 aliphatic rings. The van der Waals surface area contributed by atoms with Crippen molar-refractivity contribution in [2.24, 2.45) is 0 Å². The van der Waals surface area contributed by atoms with Crippen LogP contribution in [0.4, 0.5) is 0 Å². The first kappa shape index (κ1) is 15.5. The standard InChI is InChI=1S/C16H21NO4/c1-12-5-7-13(8-6-12)3-2-4-15(18)17-9-10-21-11-14(17)16(19)20/h5-8,14H,2-4,9-11H2,1H3,(H,19,20).